The van der Waals surface area contributed by atoms with Gasteiger partial charge in [0.15, 0.2) is 5.76 Å². The molecular weight excluding hydrogens is 370 g/mol. The van der Waals surface area contributed by atoms with Gasteiger partial charge in [-0.2, -0.15) is 0 Å². The van der Waals surface area contributed by atoms with Crippen LogP contribution in [-0.2, 0) is 14.8 Å². The van der Waals surface area contributed by atoms with E-state index in [1.165, 1.54) is 10.6 Å². The molecule has 3 rings (SSSR count). The lowest BCUT2D eigenvalue weighted by Crippen LogP contribution is -2.51. The second kappa shape index (κ2) is 8.43. The van der Waals surface area contributed by atoms with Gasteiger partial charge in [0.25, 0.3) is 5.91 Å². The fraction of sp³-hybridized carbons (Fsp3) is 0.667. The average molecular weight is 397 g/mol. The van der Waals surface area contributed by atoms with E-state index in [-0.39, 0.29) is 29.5 Å². The number of piperidine rings is 2. The Hall–Kier alpha value is -1.87. The zero-order valence-corrected chi connectivity index (χ0v) is 16.4. The maximum Gasteiger partial charge on any atom is 0.289 e. The van der Waals surface area contributed by atoms with E-state index < -0.39 is 10.0 Å². The van der Waals surface area contributed by atoms with Crippen molar-refractivity contribution in [3.8, 4) is 0 Å². The molecule has 1 N–H and O–H groups in total. The Morgan fingerprint density at radius 3 is 2.59 bits per heavy atom. The summed E-state index contributed by atoms with van der Waals surface area (Å²) in [5.41, 5.74) is 0. The van der Waals surface area contributed by atoms with Gasteiger partial charge in [0, 0.05) is 32.2 Å². The highest BCUT2D eigenvalue weighted by Gasteiger charge is 2.32. The molecule has 0 saturated carbocycles. The number of sulfonamides is 1. The first-order valence-electron chi connectivity index (χ1n) is 9.51. The third-order valence-electron chi connectivity index (χ3n) is 5.37. The van der Waals surface area contributed by atoms with Crippen molar-refractivity contribution in [2.75, 3.05) is 31.9 Å². The Labute approximate surface area is 159 Å². The number of hydrogen-bond acceptors (Lipinski definition) is 5. The Bertz CT molecular complexity index is 754. The Kier molecular flexibility index (Phi) is 6.21. The van der Waals surface area contributed by atoms with Gasteiger partial charge in [-0.15, -0.1) is 0 Å². The maximum absolute atomic E-state index is 12.7. The molecule has 2 amide bonds. The largest absolute Gasteiger partial charge is 0.459 e. The third-order valence-corrected chi connectivity index (χ3v) is 7.25. The summed E-state index contributed by atoms with van der Waals surface area (Å²) in [7, 11) is -3.16. The zero-order valence-electron chi connectivity index (χ0n) is 15.6. The van der Waals surface area contributed by atoms with Gasteiger partial charge in [0.05, 0.1) is 17.9 Å². The summed E-state index contributed by atoms with van der Waals surface area (Å²) >= 11 is 0. The molecule has 2 saturated heterocycles. The molecule has 9 heteroatoms. The molecule has 0 radical (unpaired) electrons. The number of rotatable bonds is 5. The van der Waals surface area contributed by atoms with Gasteiger partial charge in [0.1, 0.15) is 0 Å². The van der Waals surface area contributed by atoms with Crippen LogP contribution < -0.4 is 5.32 Å². The molecule has 150 valence electrons. The number of hydrogen-bond donors (Lipinski definition) is 1. The van der Waals surface area contributed by atoms with E-state index in [0.29, 0.717) is 44.8 Å². The SMILES string of the molecule is CCS(=O)(=O)N1CCC(NC(=O)C2CCCN(C(=O)c3ccco3)C2)CC1. The first kappa shape index (κ1) is 19.9. The van der Waals surface area contributed by atoms with Crippen LogP contribution in [0.1, 0.15) is 43.2 Å². The summed E-state index contributed by atoms with van der Waals surface area (Å²) in [6.07, 6.45) is 4.22. The van der Waals surface area contributed by atoms with Crippen LogP contribution in [0.15, 0.2) is 22.8 Å². The first-order valence-corrected chi connectivity index (χ1v) is 11.1. The second-order valence-corrected chi connectivity index (χ2v) is 9.41. The summed E-state index contributed by atoms with van der Waals surface area (Å²) in [5.74, 6) is -0.0824. The van der Waals surface area contributed by atoms with E-state index in [0.717, 1.165) is 12.8 Å². The van der Waals surface area contributed by atoms with E-state index in [1.54, 1.807) is 24.0 Å². The minimum Gasteiger partial charge on any atom is -0.459 e. The lowest BCUT2D eigenvalue weighted by Gasteiger charge is -2.34. The molecule has 0 aliphatic carbocycles. The highest BCUT2D eigenvalue weighted by molar-refractivity contribution is 7.89. The first-order chi connectivity index (χ1) is 12.9. The van der Waals surface area contributed by atoms with E-state index in [1.807, 2.05) is 0 Å². The topological polar surface area (TPSA) is 99.9 Å². The summed E-state index contributed by atoms with van der Waals surface area (Å²) in [6.45, 7) is 3.52. The molecule has 8 nitrogen and oxygen atoms in total. The maximum atomic E-state index is 12.7. The zero-order chi connectivity index (χ0) is 19.4. The molecule has 27 heavy (non-hydrogen) atoms. The lowest BCUT2D eigenvalue weighted by molar-refractivity contribution is -0.127. The standard InChI is InChI=1S/C18H27N3O5S/c1-2-27(24,25)21-10-7-15(8-11-21)19-17(22)14-5-3-9-20(13-14)18(23)16-6-4-12-26-16/h4,6,12,14-15H,2-3,5,7-11,13H2,1H3,(H,19,22). The van der Waals surface area contributed by atoms with Crippen LogP contribution >= 0.6 is 0 Å². The number of nitrogens with one attached hydrogen (secondary N) is 1. The van der Waals surface area contributed by atoms with E-state index in [9.17, 15) is 18.0 Å². The molecule has 1 unspecified atom stereocenters. The van der Waals surface area contributed by atoms with E-state index in [4.69, 9.17) is 4.42 Å². The van der Waals surface area contributed by atoms with Crippen molar-refractivity contribution < 1.29 is 22.4 Å². The van der Waals surface area contributed by atoms with Gasteiger partial charge in [0.2, 0.25) is 15.9 Å². The van der Waals surface area contributed by atoms with Gasteiger partial charge >= 0.3 is 0 Å². The van der Waals surface area contributed by atoms with Crippen LogP contribution in [0.2, 0.25) is 0 Å². The summed E-state index contributed by atoms with van der Waals surface area (Å²) in [5, 5.41) is 3.05. The highest BCUT2D eigenvalue weighted by Crippen LogP contribution is 2.21. The Morgan fingerprint density at radius 1 is 1.22 bits per heavy atom. The van der Waals surface area contributed by atoms with Gasteiger partial charge in [-0.05, 0) is 44.7 Å². The van der Waals surface area contributed by atoms with Crippen molar-refractivity contribution in [1.29, 1.82) is 0 Å². The average Bonchev–Trinajstić information content (AvgIpc) is 3.22. The predicted molar refractivity (Wildman–Crippen MR) is 99.5 cm³/mol. The number of carbonyl (C=O) groups is 2. The van der Waals surface area contributed by atoms with Gasteiger partial charge in [-0.3, -0.25) is 9.59 Å². The Balaban J connectivity index is 1.50. The van der Waals surface area contributed by atoms with Crippen LogP contribution in [0.25, 0.3) is 0 Å². The molecule has 2 aliphatic rings. The van der Waals surface area contributed by atoms with Crippen molar-refractivity contribution in [3.05, 3.63) is 24.2 Å². The molecule has 1 aromatic heterocycles. The van der Waals surface area contributed by atoms with Gasteiger partial charge in [-0.25, -0.2) is 12.7 Å². The fourth-order valence-corrected chi connectivity index (χ4v) is 4.84. The molecule has 0 aromatic carbocycles. The second-order valence-electron chi connectivity index (χ2n) is 7.15. The minimum atomic E-state index is -3.16. The normalized spacial score (nSPS) is 22.6. The quantitative estimate of drug-likeness (QED) is 0.801. The number of carbonyl (C=O) groups excluding carboxylic acids is 2. The van der Waals surface area contributed by atoms with Crippen molar-refractivity contribution in [2.45, 2.75) is 38.6 Å². The monoisotopic (exact) mass is 397 g/mol. The fourth-order valence-electron chi connectivity index (χ4n) is 3.71. The van der Waals surface area contributed by atoms with E-state index in [2.05, 4.69) is 5.32 Å². The number of likely N-dealkylation sites (tertiary alicyclic amines) is 1. The molecule has 1 aromatic rings. The number of amides is 2. The van der Waals surface area contributed by atoms with Crippen molar-refractivity contribution in [1.82, 2.24) is 14.5 Å². The highest BCUT2D eigenvalue weighted by atomic mass is 32.2. The van der Waals surface area contributed by atoms with Gasteiger partial charge < -0.3 is 14.6 Å². The van der Waals surface area contributed by atoms with Crippen molar-refractivity contribution in [3.63, 3.8) is 0 Å². The third kappa shape index (κ3) is 4.70. The molecule has 3 heterocycles. The summed E-state index contributed by atoms with van der Waals surface area (Å²) < 4.78 is 30.5. The van der Waals surface area contributed by atoms with Gasteiger partial charge in [-0.1, -0.05) is 0 Å². The van der Waals surface area contributed by atoms with Crippen LogP contribution in [0.3, 0.4) is 0 Å². The van der Waals surface area contributed by atoms with Crippen LogP contribution in [0, 0.1) is 5.92 Å². The van der Waals surface area contributed by atoms with Crippen LogP contribution in [-0.4, -0.2) is 67.4 Å². The van der Waals surface area contributed by atoms with Crippen LogP contribution in [0.5, 0.6) is 0 Å². The van der Waals surface area contributed by atoms with Crippen molar-refractivity contribution in [2.24, 2.45) is 5.92 Å². The molecule has 0 bridgehead atoms. The van der Waals surface area contributed by atoms with Crippen LogP contribution in [0.4, 0.5) is 0 Å². The number of nitrogens with zero attached hydrogens (tertiary/aromatic N) is 2. The van der Waals surface area contributed by atoms with Crippen molar-refractivity contribution >= 4 is 21.8 Å². The molecule has 2 fully saturated rings. The molecule has 2 aliphatic heterocycles. The lowest BCUT2D eigenvalue weighted by atomic mass is 9.95. The predicted octanol–water partition coefficient (Wildman–Crippen LogP) is 1.06. The minimum absolute atomic E-state index is 0.0167. The molecule has 0 spiro atoms. The smallest absolute Gasteiger partial charge is 0.289 e. The molecular formula is C18H27N3O5S. The Morgan fingerprint density at radius 2 is 1.96 bits per heavy atom. The summed E-state index contributed by atoms with van der Waals surface area (Å²) in [4.78, 5) is 26.7. The molecule has 1 atom stereocenters. The van der Waals surface area contributed by atoms with E-state index >= 15 is 0 Å². The number of furan rings is 1. The summed E-state index contributed by atoms with van der Waals surface area (Å²) in [6, 6.07) is 3.29.